The summed E-state index contributed by atoms with van der Waals surface area (Å²) >= 11 is 0. The summed E-state index contributed by atoms with van der Waals surface area (Å²) in [6.45, 7) is 0. The van der Waals surface area contributed by atoms with Gasteiger partial charge in [-0.3, -0.25) is 5.41 Å². The normalized spacial score (nSPS) is 15.5. The number of aliphatic imine (C=N–C) groups is 1. The van der Waals surface area contributed by atoms with Crippen LogP contribution in [0.25, 0.3) is 5.57 Å². The maximum Gasteiger partial charge on any atom is 0.154 e. The van der Waals surface area contributed by atoms with Crippen molar-refractivity contribution >= 4 is 17.2 Å². The van der Waals surface area contributed by atoms with Crippen molar-refractivity contribution in [2.75, 3.05) is 0 Å². The van der Waals surface area contributed by atoms with E-state index < -0.39 is 0 Å². The van der Waals surface area contributed by atoms with Crippen molar-refractivity contribution in [1.82, 2.24) is 0 Å². The van der Waals surface area contributed by atoms with E-state index in [1.807, 2.05) is 30.3 Å². The molecule has 0 aliphatic carbocycles. The molecule has 1 aromatic rings. The van der Waals surface area contributed by atoms with E-state index in [4.69, 9.17) is 11.1 Å². The zero-order chi connectivity index (χ0) is 9.26. The van der Waals surface area contributed by atoms with E-state index in [0.717, 1.165) is 11.1 Å². The molecule has 0 fully saturated rings. The lowest BCUT2D eigenvalue weighted by molar-refractivity contribution is 1.46. The minimum Gasteiger partial charge on any atom is -0.384 e. The smallest absolute Gasteiger partial charge is 0.154 e. The molecule has 3 nitrogen and oxygen atoms in total. The van der Waals surface area contributed by atoms with Crippen molar-refractivity contribution in [2.24, 2.45) is 10.7 Å². The number of nitrogens with two attached hydrogens (primary N) is 1. The molecule has 0 saturated heterocycles. The fourth-order valence-corrected chi connectivity index (χ4v) is 1.28. The SMILES string of the molecule is N=C1N=C(N)C=C1c1ccccc1. The third-order valence-electron chi connectivity index (χ3n) is 1.87. The zero-order valence-electron chi connectivity index (χ0n) is 6.99. The van der Waals surface area contributed by atoms with Crippen molar-refractivity contribution in [3.05, 3.63) is 42.0 Å². The number of hydrogen-bond acceptors (Lipinski definition) is 2. The van der Waals surface area contributed by atoms with Gasteiger partial charge in [-0.25, -0.2) is 4.99 Å². The molecule has 3 heteroatoms. The monoisotopic (exact) mass is 171 g/mol. The van der Waals surface area contributed by atoms with E-state index in [1.165, 1.54) is 0 Å². The van der Waals surface area contributed by atoms with Crippen molar-refractivity contribution in [3.8, 4) is 0 Å². The molecule has 2 rings (SSSR count). The van der Waals surface area contributed by atoms with Crippen LogP contribution in [0.1, 0.15) is 5.56 Å². The molecule has 1 aromatic carbocycles. The number of benzene rings is 1. The van der Waals surface area contributed by atoms with Gasteiger partial charge in [-0.15, -0.1) is 0 Å². The summed E-state index contributed by atoms with van der Waals surface area (Å²) in [7, 11) is 0. The van der Waals surface area contributed by atoms with Gasteiger partial charge in [0.15, 0.2) is 5.84 Å². The summed E-state index contributed by atoms with van der Waals surface area (Å²) in [5, 5.41) is 7.54. The Balaban J connectivity index is 2.41. The zero-order valence-corrected chi connectivity index (χ0v) is 6.99. The standard InChI is InChI=1S/C10H9N3/c11-9-6-8(10(12)13-9)7-4-2-1-3-5-7/h1-6H,(H3,11,12,13). The highest BCUT2D eigenvalue weighted by molar-refractivity contribution is 6.33. The first-order valence-corrected chi connectivity index (χ1v) is 3.97. The first-order valence-electron chi connectivity index (χ1n) is 3.97. The van der Waals surface area contributed by atoms with E-state index >= 15 is 0 Å². The van der Waals surface area contributed by atoms with E-state index in [9.17, 15) is 0 Å². The fraction of sp³-hybridized carbons (Fsp3) is 0. The van der Waals surface area contributed by atoms with Gasteiger partial charge >= 0.3 is 0 Å². The maximum absolute atomic E-state index is 7.54. The summed E-state index contributed by atoms with van der Waals surface area (Å²) in [5.74, 6) is 0.646. The quantitative estimate of drug-likeness (QED) is 0.659. The molecule has 1 aliphatic heterocycles. The molecular weight excluding hydrogens is 162 g/mol. The van der Waals surface area contributed by atoms with E-state index in [1.54, 1.807) is 6.08 Å². The van der Waals surface area contributed by atoms with Gasteiger partial charge in [0.1, 0.15) is 5.84 Å². The third kappa shape index (κ3) is 1.36. The Hall–Kier alpha value is -1.90. The average molecular weight is 171 g/mol. The average Bonchev–Trinajstić information content (AvgIpc) is 2.47. The van der Waals surface area contributed by atoms with Crippen LogP contribution in [0.15, 0.2) is 41.4 Å². The summed E-state index contributed by atoms with van der Waals surface area (Å²) in [5.41, 5.74) is 7.26. The van der Waals surface area contributed by atoms with Crippen LogP contribution < -0.4 is 5.73 Å². The number of amidine groups is 2. The van der Waals surface area contributed by atoms with Crippen molar-refractivity contribution < 1.29 is 0 Å². The van der Waals surface area contributed by atoms with E-state index in [2.05, 4.69) is 4.99 Å². The van der Waals surface area contributed by atoms with Crippen LogP contribution >= 0.6 is 0 Å². The molecule has 0 atom stereocenters. The second kappa shape index (κ2) is 2.86. The second-order valence-corrected chi connectivity index (χ2v) is 2.81. The van der Waals surface area contributed by atoms with Gasteiger partial charge in [-0.1, -0.05) is 30.3 Å². The van der Waals surface area contributed by atoms with Crippen LogP contribution in [0.3, 0.4) is 0 Å². The third-order valence-corrected chi connectivity index (χ3v) is 1.87. The molecule has 1 heterocycles. The predicted octanol–water partition coefficient (Wildman–Crippen LogP) is 1.42. The molecule has 0 radical (unpaired) electrons. The van der Waals surface area contributed by atoms with Crippen molar-refractivity contribution in [1.29, 1.82) is 5.41 Å². The number of nitrogens with one attached hydrogen (secondary N) is 1. The van der Waals surface area contributed by atoms with Crippen LogP contribution in [-0.4, -0.2) is 11.7 Å². The van der Waals surface area contributed by atoms with Crippen LogP contribution in [0.5, 0.6) is 0 Å². The Morgan fingerprint density at radius 2 is 1.85 bits per heavy atom. The Kier molecular flexibility index (Phi) is 1.70. The lowest BCUT2D eigenvalue weighted by atomic mass is 10.1. The Morgan fingerprint density at radius 1 is 1.15 bits per heavy atom. The fourth-order valence-electron chi connectivity index (χ4n) is 1.28. The maximum atomic E-state index is 7.54. The Labute approximate surface area is 76.1 Å². The predicted molar refractivity (Wildman–Crippen MR) is 53.8 cm³/mol. The van der Waals surface area contributed by atoms with Gasteiger partial charge in [-0.2, -0.15) is 0 Å². The molecule has 0 aromatic heterocycles. The van der Waals surface area contributed by atoms with E-state index in [0.29, 0.717) is 5.84 Å². The number of rotatable bonds is 1. The number of hydrogen-bond donors (Lipinski definition) is 2. The first-order chi connectivity index (χ1) is 6.27. The van der Waals surface area contributed by atoms with E-state index in [-0.39, 0.29) is 5.84 Å². The van der Waals surface area contributed by atoms with Crippen molar-refractivity contribution in [3.63, 3.8) is 0 Å². The van der Waals surface area contributed by atoms with Gasteiger partial charge in [0.2, 0.25) is 0 Å². The van der Waals surface area contributed by atoms with Gasteiger partial charge in [0, 0.05) is 5.57 Å². The van der Waals surface area contributed by atoms with Gasteiger partial charge in [0.25, 0.3) is 0 Å². The Bertz CT molecular complexity index is 401. The van der Waals surface area contributed by atoms with Crippen LogP contribution in [-0.2, 0) is 0 Å². The molecule has 3 N–H and O–H groups in total. The minimum atomic E-state index is 0.240. The summed E-state index contributed by atoms with van der Waals surface area (Å²) in [6.07, 6.45) is 1.72. The highest BCUT2D eigenvalue weighted by atomic mass is 14.9. The topological polar surface area (TPSA) is 62.2 Å². The molecule has 64 valence electrons. The molecule has 0 amide bonds. The van der Waals surface area contributed by atoms with Crippen LogP contribution in [0, 0.1) is 5.41 Å². The molecular formula is C10H9N3. The Morgan fingerprint density at radius 3 is 2.38 bits per heavy atom. The molecule has 0 saturated carbocycles. The summed E-state index contributed by atoms with van der Waals surface area (Å²) in [6, 6.07) is 9.67. The molecule has 13 heavy (non-hydrogen) atoms. The molecule has 0 spiro atoms. The number of nitrogens with zero attached hydrogens (tertiary/aromatic N) is 1. The molecule has 1 aliphatic rings. The first kappa shape index (κ1) is 7.73. The summed E-state index contributed by atoms with van der Waals surface area (Å²) in [4.78, 5) is 3.83. The lowest BCUT2D eigenvalue weighted by Gasteiger charge is -1.99. The molecule has 0 unspecified atom stereocenters. The highest BCUT2D eigenvalue weighted by Crippen LogP contribution is 2.19. The van der Waals surface area contributed by atoms with Crippen LogP contribution in [0.2, 0.25) is 0 Å². The second-order valence-electron chi connectivity index (χ2n) is 2.81. The van der Waals surface area contributed by atoms with Crippen molar-refractivity contribution in [2.45, 2.75) is 0 Å². The lowest BCUT2D eigenvalue weighted by Crippen LogP contribution is -2.04. The van der Waals surface area contributed by atoms with Gasteiger partial charge in [0.05, 0.1) is 0 Å². The minimum absolute atomic E-state index is 0.240. The van der Waals surface area contributed by atoms with Gasteiger partial charge in [-0.05, 0) is 11.6 Å². The van der Waals surface area contributed by atoms with Crippen LogP contribution in [0.4, 0.5) is 0 Å². The molecule has 0 bridgehead atoms. The summed E-state index contributed by atoms with van der Waals surface area (Å²) < 4.78 is 0. The largest absolute Gasteiger partial charge is 0.384 e. The van der Waals surface area contributed by atoms with Gasteiger partial charge < -0.3 is 5.73 Å². The highest BCUT2D eigenvalue weighted by Gasteiger charge is 2.13.